The fourth-order valence-corrected chi connectivity index (χ4v) is 6.78. The minimum atomic E-state index is -3.46. The van der Waals surface area contributed by atoms with E-state index >= 15 is 0 Å². The summed E-state index contributed by atoms with van der Waals surface area (Å²) in [6.45, 7) is 2.89. The van der Waals surface area contributed by atoms with Crippen LogP contribution < -0.4 is 14.4 Å². The van der Waals surface area contributed by atoms with Gasteiger partial charge in [0, 0.05) is 30.2 Å². The number of fused-ring (bicyclic) bond motifs is 2. The predicted octanol–water partition coefficient (Wildman–Crippen LogP) is 3.31. The molecule has 0 radical (unpaired) electrons. The zero-order valence-electron chi connectivity index (χ0n) is 17.8. The highest BCUT2D eigenvalue weighted by atomic mass is 32.2. The molecule has 1 amide bonds. The third kappa shape index (κ3) is 4.21. The van der Waals surface area contributed by atoms with Crippen molar-refractivity contribution in [1.29, 1.82) is 0 Å². The van der Waals surface area contributed by atoms with Crippen LogP contribution in [0.2, 0.25) is 0 Å². The molecule has 9 heteroatoms. The van der Waals surface area contributed by atoms with Crippen LogP contribution in [0.4, 0.5) is 5.69 Å². The summed E-state index contributed by atoms with van der Waals surface area (Å²) in [5.41, 5.74) is 1.75. The average Bonchev–Trinajstić information content (AvgIpc) is 3.38. The summed E-state index contributed by atoms with van der Waals surface area (Å²) < 4.78 is 38.6. The number of aryl methyl sites for hydroxylation is 1. The van der Waals surface area contributed by atoms with Crippen molar-refractivity contribution in [3.05, 3.63) is 42.0 Å². The van der Waals surface area contributed by atoms with Gasteiger partial charge in [-0.1, -0.05) is 0 Å². The number of sulfonamides is 1. The molecule has 170 valence electrons. The summed E-state index contributed by atoms with van der Waals surface area (Å²) in [5, 5.41) is 0. The van der Waals surface area contributed by atoms with Gasteiger partial charge in [-0.2, -0.15) is 4.31 Å². The van der Waals surface area contributed by atoms with E-state index in [1.807, 2.05) is 18.2 Å². The Balaban J connectivity index is 1.30. The van der Waals surface area contributed by atoms with E-state index < -0.39 is 10.0 Å². The maximum Gasteiger partial charge on any atom is 0.243 e. The van der Waals surface area contributed by atoms with Crippen LogP contribution in [0, 0.1) is 0 Å². The number of carbonyl (C=O) groups is 1. The molecular formula is C23H26N2O5S2. The molecule has 32 heavy (non-hydrogen) atoms. The van der Waals surface area contributed by atoms with E-state index in [9.17, 15) is 13.2 Å². The Bertz CT molecular complexity index is 1130. The van der Waals surface area contributed by atoms with Crippen LogP contribution in [0.1, 0.15) is 24.8 Å². The Morgan fingerprint density at radius 3 is 2.53 bits per heavy atom. The molecule has 0 bridgehead atoms. The summed E-state index contributed by atoms with van der Waals surface area (Å²) >= 11 is 1.46. The van der Waals surface area contributed by atoms with E-state index in [4.69, 9.17) is 9.47 Å². The van der Waals surface area contributed by atoms with Gasteiger partial charge in [-0.05, 0) is 67.6 Å². The lowest BCUT2D eigenvalue weighted by atomic mass is 10.0. The summed E-state index contributed by atoms with van der Waals surface area (Å²) in [6, 6.07) is 10.9. The molecule has 0 atom stereocenters. The number of ether oxygens (including phenoxy) is 2. The van der Waals surface area contributed by atoms with E-state index in [1.165, 1.54) is 11.8 Å². The van der Waals surface area contributed by atoms with Crippen molar-refractivity contribution in [3.8, 4) is 11.5 Å². The van der Waals surface area contributed by atoms with Crippen LogP contribution in [0.25, 0.3) is 0 Å². The molecule has 0 N–H and O–H groups in total. The Hall–Kier alpha value is -2.23. The van der Waals surface area contributed by atoms with E-state index in [-0.39, 0.29) is 5.91 Å². The molecular weight excluding hydrogens is 448 g/mol. The third-order valence-electron chi connectivity index (χ3n) is 6.05. The Morgan fingerprint density at radius 1 is 0.938 bits per heavy atom. The number of anilines is 1. The maximum atomic E-state index is 13.0. The molecule has 2 aromatic rings. The van der Waals surface area contributed by atoms with Gasteiger partial charge in [-0.3, -0.25) is 4.79 Å². The molecule has 1 saturated heterocycles. The van der Waals surface area contributed by atoms with Crippen LogP contribution in [0.5, 0.6) is 11.5 Å². The van der Waals surface area contributed by atoms with Crippen molar-refractivity contribution >= 4 is 33.4 Å². The first kappa shape index (κ1) is 21.6. The number of nitrogens with zero attached hydrogens (tertiary/aromatic N) is 2. The second-order valence-corrected chi connectivity index (χ2v) is 11.1. The topological polar surface area (TPSA) is 76.1 Å². The van der Waals surface area contributed by atoms with E-state index in [0.29, 0.717) is 49.2 Å². The molecule has 3 aliphatic rings. The quantitative estimate of drug-likeness (QED) is 0.619. The number of hydrogen-bond acceptors (Lipinski definition) is 6. The minimum absolute atomic E-state index is 0.0148. The lowest BCUT2D eigenvalue weighted by molar-refractivity contribution is -0.116. The van der Waals surface area contributed by atoms with Crippen molar-refractivity contribution in [2.75, 3.05) is 43.5 Å². The molecule has 2 aromatic carbocycles. The molecule has 0 unspecified atom stereocenters. The van der Waals surface area contributed by atoms with Gasteiger partial charge < -0.3 is 14.4 Å². The molecule has 3 aliphatic heterocycles. The fraction of sp³-hybridized carbons (Fsp3) is 0.435. The van der Waals surface area contributed by atoms with Crippen molar-refractivity contribution in [2.24, 2.45) is 0 Å². The standard InChI is InChI=1S/C23H26N2O5S2/c26-23(16-31-18-5-8-21-22(15-18)30-13-12-29-21)25-11-3-4-17-14-19(6-7-20(17)25)32(27,28)24-9-1-2-10-24/h5-8,14-15H,1-4,9-13,16H2. The molecule has 0 spiro atoms. The smallest absolute Gasteiger partial charge is 0.243 e. The SMILES string of the molecule is O=C(CSc1ccc2c(c1)OCCO2)N1CCCc2cc(S(=O)(=O)N3CCCC3)ccc21. The molecule has 0 saturated carbocycles. The Morgan fingerprint density at radius 2 is 1.72 bits per heavy atom. The molecule has 3 heterocycles. The second-order valence-electron chi connectivity index (χ2n) is 8.14. The van der Waals surface area contributed by atoms with Crippen molar-refractivity contribution in [1.82, 2.24) is 4.31 Å². The maximum absolute atomic E-state index is 13.0. The molecule has 1 fully saturated rings. The monoisotopic (exact) mass is 474 g/mol. The van der Waals surface area contributed by atoms with Gasteiger partial charge in [0.25, 0.3) is 0 Å². The lowest BCUT2D eigenvalue weighted by Crippen LogP contribution is -2.37. The number of carbonyl (C=O) groups excluding carboxylic acids is 1. The van der Waals surface area contributed by atoms with Gasteiger partial charge in [-0.25, -0.2) is 8.42 Å². The normalized spacial score (nSPS) is 18.4. The Kier molecular flexibility index (Phi) is 6.05. The lowest BCUT2D eigenvalue weighted by Gasteiger charge is -2.30. The van der Waals surface area contributed by atoms with Gasteiger partial charge >= 0.3 is 0 Å². The number of amides is 1. The Labute approximate surface area is 192 Å². The van der Waals surface area contributed by atoms with Crippen LogP contribution in [-0.4, -0.2) is 57.2 Å². The number of benzene rings is 2. The molecule has 0 aliphatic carbocycles. The second kappa shape index (κ2) is 8.96. The number of rotatable bonds is 5. The first-order valence-electron chi connectivity index (χ1n) is 11.0. The van der Waals surface area contributed by atoms with Gasteiger partial charge in [0.1, 0.15) is 13.2 Å². The summed E-state index contributed by atoms with van der Waals surface area (Å²) in [6.07, 6.45) is 3.42. The minimum Gasteiger partial charge on any atom is -0.486 e. The average molecular weight is 475 g/mol. The zero-order valence-corrected chi connectivity index (χ0v) is 19.4. The van der Waals surface area contributed by atoms with Crippen LogP contribution >= 0.6 is 11.8 Å². The van der Waals surface area contributed by atoms with Gasteiger partial charge in [0.15, 0.2) is 11.5 Å². The van der Waals surface area contributed by atoms with Crippen LogP contribution in [0.15, 0.2) is 46.2 Å². The van der Waals surface area contributed by atoms with Gasteiger partial charge in [0.05, 0.1) is 10.6 Å². The third-order valence-corrected chi connectivity index (χ3v) is 8.92. The van der Waals surface area contributed by atoms with E-state index in [2.05, 4.69) is 0 Å². The summed E-state index contributed by atoms with van der Waals surface area (Å²) in [4.78, 5) is 16.1. The van der Waals surface area contributed by atoms with Crippen molar-refractivity contribution in [3.63, 3.8) is 0 Å². The van der Waals surface area contributed by atoms with E-state index in [1.54, 1.807) is 27.4 Å². The predicted molar refractivity (Wildman–Crippen MR) is 123 cm³/mol. The summed E-state index contributed by atoms with van der Waals surface area (Å²) in [5.74, 6) is 1.76. The van der Waals surface area contributed by atoms with Gasteiger partial charge in [0.2, 0.25) is 15.9 Å². The molecule has 7 nitrogen and oxygen atoms in total. The van der Waals surface area contributed by atoms with Crippen LogP contribution in [0.3, 0.4) is 0 Å². The highest BCUT2D eigenvalue weighted by Crippen LogP contribution is 2.35. The highest BCUT2D eigenvalue weighted by molar-refractivity contribution is 8.00. The zero-order chi connectivity index (χ0) is 22.1. The number of thioether (sulfide) groups is 1. The molecule has 0 aromatic heterocycles. The largest absolute Gasteiger partial charge is 0.486 e. The summed E-state index contributed by atoms with van der Waals surface area (Å²) in [7, 11) is -3.46. The van der Waals surface area contributed by atoms with Crippen molar-refractivity contribution in [2.45, 2.75) is 35.5 Å². The number of hydrogen-bond donors (Lipinski definition) is 0. The first-order valence-corrected chi connectivity index (χ1v) is 13.4. The highest BCUT2D eigenvalue weighted by Gasteiger charge is 2.29. The first-order chi connectivity index (χ1) is 15.5. The van der Waals surface area contributed by atoms with Crippen molar-refractivity contribution < 1.29 is 22.7 Å². The van der Waals surface area contributed by atoms with Crippen LogP contribution in [-0.2, 0) is 21.2 Å². The van der Waals surface area contributed by atoms with Gasteiger partial charge in [-0.15, -0.1) is 11.8 Å². The van der Waals surface area contributed by atoms with E-state index in [0.717, 1.165) is 47.6 Å². The molecule has 5 rings (SSSR count). The fourth-order valence-electron chi connectivity index (χ4n) is 4.41.